The molecule has 0 spiro atoms. The van der Waals surface area contributed by atoms with E-state index >= 15 is 0 Å². The molecule has 4 heteroatoms. The van der Waals surface area contributed by atoms with Crippen LogP contribution in [-0.4, -0.2) is 16.1 Å². The van der Waals surface area contributed by atoms with Crippen molar-refractivity contribution in [2.75, 3.05) is 0 Å². The fourth-order valence-electron chi connectivity index (χ4n) is 2.65. The molecule has 2 aromatic rings. The van der Waals surface area contributed by atoms with E-state index in [4.69, 9.17) is 5.11 Å². The minimum Gasteiger partial charge on any atom is -0.481 e. The van der Waals surface area contributed by atoms with Crippen molar-refractivity contribution in [1.82, 2.24) is 4.98 Å². The third-order valence-corrected chi connectivity index (χ3v) is 4.41. The molecule has 0 aliphatic heterocycles. The van der Waals surface area contributed by atoms with E-state index in [1.165, 1.54) is 35.3 Å². The van der Waals surface area contributed by atoms with E-state index < -0.39 is 5.97 Å². The van der Waals surface area contributed by atoms with Crippen molar-refractivity contribution >= 4 is 17.3 Å². The first kappa shape index (κ1) is 12.4. The first-order chi connectivity index (χ1) is 9.24. The molecule has 3 rings (SSSR count). The minimum absolute atomic E-state index is 0.0527. The van der Waals surface area contributed by atoms with Crippen molar-refractivity contribution in [3.8, 4) is 11.3 Å². The second-order valence-electron chi connectivity index (χ2n) is 4.89. The van der Waals surface area contributed by atoms with Crippen molar-refractivity contribution in [2.45, 2.75) is 32.1 Å². The highest BCUT2D eigenvalue weighted by molar-refractivity contribution is 7.10. The molecule has 0 radical (unpaired) electrons. The van der Waals surface area contributed by atoms with Gasteiger partial charge in [0.2, 0.25) is 0 Å². The number of rotatable bonds is 3. The summed E-state index contributed by atoms with van der Waals surface area (Å²) in [4.78, 5) is 16.0. The van der Waals surface area contributed by atoms with Crippen LogP contribution in [0, 0.1) is 0 Å². The summed E-state index contributed by atoms with van der Waals surface area (Å²) in [5.74, 6) is -0.802. The molecule has 0 saturated carbocycles. The summed E-state index contributed by atoms with van der Waals surface area (Å²) in [5, 5.41) is 8.93. The lowest BCUT2D eigenvalue weighted by molar-refractivity contribution is -0.136. The van der Waals surface area contributed by atoms with Crippen LogP contribution in [0.4, 0.5) is 0 Å². The van der Waals surface area contributed by atoms with Gasteiger partial charge in [0.05, 0.1) is 17.6 Å². The molecule has 0 amide bonds. The van der Waals surface area contributed by atoms with Crippen LogP contribution in [0.25, 0.3) is 11.3 Å². The molecular weight excluding hydrogens is 258 g/mol. The number of thiazole rings is 1. The summed E-state index contributed by atoms with van der Waals surface area (Å²) in [6.07, 6.45) is 4.86. The van der Waals surface area contributed by atoms with Gasteiger partial charge in [0.15, 0.2) is 0 Å². The van der Waals surface area contributed by atoms with Crippen molar-refractivity contribution in [2.24, 2.45) is 0 Å². The fourth-order valence-corrected chi connectivity index (χ4v) is 3.42. The average Bonchev–Trinajstić information content (AvgIpc) is 2.85. The Kier molecular flexibility index (Phi) is 3.34. The van der Waals surface area contributed by atoms with Crippen LogP contribution in [0.15, 0.2) is 23.7 Å². The van der Waals surface area contributed by atoms with Crippen LogP contribution in [-0.2, 0) is 24.1 Å². The molecule has 0 saturated heterocycles. The molecule has 1 aromatic carbocycles. The van der Waals surface area contributed by atoms with Crippen LogP contribution >= 0.6 is 11.3 Å². The average molecular weight is 273 g/mol. The quantitative estimate of drug-likeness (QED) is 0.933. The molecule has 0 bridgehead atoms. The van der Waals surface area contributed by atoms with Crippen LogP contribution in [0.2, 0.25) is 0 Å². The van der Waals surface area contributed by atoms with Crippen molar-refractivity contribution in [3.63, 3.8) is 0 Å². The molecule has 0 atom stereocenters. The highest BCUT2D eigenvalue weighted by atomic mass is 32.1. The van der Waals surface area contributed by atoms with Crippen LogP contribution in [0.5, 0.6) is 0 Å². The number of carbonyl (C=O) groups is 1. The van der Waals surface area contributed by atoms with Crippen LogP contribution < -0.4 is 0 Å². The molecule has 1 aromatic heterocycles. The molecule has 1 aliphatic carbocycles. The maximum atomic E-state index is 10.9. The lowest BCUT2D eigenvalue weighted by Gasteiger charge is -2.16. The Morgan fingerprint density at radius 2 is 2.05 bits per heavy atom. The lowest BCUT2D eigenvalue weighted by atomic mass is 9.90. The van der Waals surface area contributed by atoms with Crippen molar-refractivity contribution in [1.29, 1.82) is 0 Å². The Morgan fingerprint density at radius 1 is 1.26 bits per heavy atom. The summed E-state index contributed by atoms with van der Waals surface area (Å²) in [7, 11) is 0. The number of fused-ring (bicyclic) bond motifs is 1. The fraction of sp³-hybridized carbons (Fsp3) is 0.333. The first-order valence-electron chi connectivity index (χ1n) is 6.50. The number of aryl methyl sites for hydroxylation is 2. The van der Waals surface area contributed by atoms with Gasteiger partial charge in [-0.1, -0.05) is 12.1 Å². The van der Waals surface area contributed by atoms with Gasteiger partial charge in [-0.25, -0.2) is 4.98 Å². The zero-order valence-electron chi connectivity index (χ0n) is 10.6. The van der Waals surface area contributed by atoms with Crippen LogP contribution in [0.1, 0.15) is 28.8 Å². The number of hydrogen-bond donors (Lipinski definition) is 1. The Morgan fingerprint density at radius 3 is 2.84 bits per heavy atom. The second kappa shape index (κ2) is 5.13. The predicted octanol–water partition coefficient (Wildman–Crippen LogP) is 3.32. The SMILES string of the molecule is O=C(O)Cc1scnc1-c1ccc2c(c1)CCCC2. The normalized spacial score (nSPS) is 14.1. The summed E-state index contributed by atoms with van der Waals surface area (Å²) in [6, 6.07) is 6.44. The van der Waals surface area contributed by atoms with E-state index in [0.717, 1.165) is 29.0 Å². The molecule has 1 aliphatic rings. The topological polar surface area (TPSA) is 50.2 Å². The standard InChI is InChI=1S/C15H15NO2S/c17-14(18)8-13-15(16-9-19-13)12-6-5-10-3-1-2-4-11(10)7-12/h5-7,9H,1-4,8H2,(H,17,18). The van der Waals surface area contributed by atoms with Crippen molar-refractivity contribution < 1.29 is 9.90 Å². The Labute approximate surface area is 115 Å². The minimum atomic E-state index is -0.802. The second-order valence-corrected chi connectivity index (χ2v) is 5.82. The number of aromatic nitrogens is 1. The Bertz CT molecular complexity index is 618. The third-order valence-electron chi connectivity index (χ3n) is 3.57. The zero-order chi connectivity index (χ0) is 13.2. The van der Waals surface area contributed by atoms with Gasteiger partial charge in [-0.05, 0) is 42.9 Å². The molecule has 19 heavy (non-hydrogen) atoms. The summed E-state index contributed by atoms with van der Waals surface area (Å²) in [5.41, 5.74) is 6.45. The van der Waals surface area contributed by atoms with E-state index in [1.54, 1.807) is 5.51 Å². The number of aliphatic carboxylic acids is 1. The smallest absolute Gasteiger partial charge is 0.308 e. The molecule has 98 valence electrons. The highest BCUT2D eigenvalue weighted by Crippen LogP contribution is 2.30. The molecule has 1 heterocycles. The van der Waals surface area contributed by atoms with E-state index in [9.17, 15) is 4.79 Å². The zero-order valence-corrected chi connectivity index (χ0v) is 11.4. The van der Waals surface area contributed by atoms with Gasteiger partial charge >= 0.3 is 5.97 Å². The van der Waals surface area contributed by atoms with Gasteiger partial charge in [-0.2, -0.15) is 0 Å². The Hall–Kier alpha value is -1.68. The van der Waals surface area contributed by atoms with Gasteiger partial charge < -0.3 is 5.11 Å². The summed E-state index contributed by atoms with van der Waals surface area (Å²) in [6.45, 7) is 0. The summed E-state index contributed by atoms with van der Waals surface area (Å²) >= 11 is 1.42. The van der Waals surface area contributed by atoms with E-state index in [-0.39, 0.29) is 6.42 Å². The first-order valence-corrected chi connectivity index (χ1v) is 7.38. The molecule has 0 unspecified atom stereocenters. The van der Waals surface area contributed by atoms with Gasteiger partial charge in [-0.3, -0.25) is 4.79 Å². The largest absolute Gasteiger partial charge is 0.481 e. The maximum absolute atomic E-state index is 10.9. The number of benzene rings is 1. The molecule has 1 N–H and O–H groups in total. The molecule has 0 fully saturated rings. The highest BCUT2D eigenvalue weighted by Gasteiger charge is 2.15. The van der Waals surface area contributed by atoms with Gasteiger partial charge in [-0.15, -0.1) is 11.3 Å². The molecular formula is C15H15NO2S. The molecule has 3 nitrogen and oxygen atoms in total. The lowest BCUT2D eigenvalue weighted by Crippen LogP contribution is -2.03. The number of carboxylic acids is 1. The summed E-state index contributed by atoms with van der Waals surface area (Å²) < 4.78 is 0. The van der Waals surface area contributed by atoms with Gasteiger partial charge in [0, 0.05) is 10.4 Å². The van der Waals surface area contributed by atoms with E-state index in [2.05, 4.69) is 23.2 Å². The van der Waals surface area contributed by atoms with E-state index in [0.29, 0.717) is 0 Å². The van der Waals surface area contributed by atoms with Gasteiger partial charge in [0.25, 0.3) is 0 Å². The predicted molar refractivity (Wildman–Crippen MR) is 75.5 cm³/mol. The number of nitrogens with zero attached hydrogens (tertiary/aromatic N) is 1. The number of carboxylic acid groups (broad SMARTS) is 1. The van der Waals surface area contributed by atoms with Gasteiger partial charge in [0.1, 0.15) is 0 Å². The van der Waals surface area contributed by atoms with E-state index in [1.807, 2.05) is 0 Å². The third kappa shape index (κ3) is 2.54. The maximum Gasteiger partial charge on any atom is 0.308 e. The van der Waals surface area contributed by atoms with Crippen molar-refractivity contribution in [3.05, 3.63) is 39.7 Å². The number of hydrogen-bond acceptors (Lipinski definition) is 3. The monoisotopic (exact) mass is 273 g/mol. The van der Waals surface area contributed by atoms with Crippen LogP contribution in [0.3, 0.4) is 0 Å². The Balaban J connectivity index is 1.98.